The summed E-state index contributed by atoms with van der Waals surface area (Å²) in [6.07, 6.45) is 5.57. The van der Waals surface area contributed by atoms with Gasteiger partial charge in [0, 0.05) is 10.5 Å². The molecule has 0 aliphatic heterocycles. The van der Waals surface area contributed by atoms with Crippen LogP contribution in [0.5, 0.6) is 0 Å². The zero-order chi connectivity index (χ0) is 14.7. The monoisotopic (exact) mass is 345 g/mol. The maximum atomic E-state index is 13.8. The highest BCUT2D eigenvalue weighted by molar-refractivity contribution is 9.10. The Morgan fingerprint density at radius 2 is 1.90 bits per heavy atom. The van der Waals surface area contributed by atoms with E-state index >= 15 is 0 Å². The Morgan fingerprint density at radius 3 is 2.50 bits per heavy atom. The first-order chi connectivity index (χ1) is 9.45. The van der Waals surface area contributed by atoms with E-state index in [-0.39, 0.29) is 11.7 Å². The minimum Gasteiger partial charge on any atom is -0.378 e. The third-order valence-electron chi connectivity index (χ3n) is 3.94. The Bertz CT molecular complexity index is 439. The third-order valence-corrected chi connectivity index (χ3v) is 4.40. The lowest BCUT2D eigenvalue weighted by atomic mass is 9.81. The summed E-state index contributed by atoms with van der Waals surface area (Å²) >= 11 is 3.10. The Kier molecular flexibility index (Phi) is 5.42. The van der Waals surface area contributed by atoms with E-state index in [0.29, 0.717) is 16.3 Å². The predicted molar refractivity (Wildman–Crippen MR) is 82.9 cm³/mol. The van der Waals surface area contributed by atoms with E-state index in [1.165, 1.54) is 25.0 Å². The van der Waals surface area contributed by atoms with Gasteiger partial charge in [-0.15, -0.1) is 0 Å². The van der Waals surface area contributed by atoms with Gasteiger partial charge in [0.25, 0.3) is 0 Å². The molecule has 0 spiro atoms. The molecule has 2 rings (SSSR count). The Balaban J connectivity index is 2.03. The summed E-state index contributed by atoms with van der Waals surface area (Å²) in [4.78, 5) is 0. The van der Waals surface area contributed by atoms with Crippen LogP contribution in [0.15, 0.2) is 16.6 Å². The summed E-state index contributed by atoms with van der Waals surface area (Å²) in [5, 5.41) is 3.08. The van der Waals surface area contributed by atoms with Gasteiger partial charge in [-0.2, -0.15) is 0 Å². The number of halogens is 3. The molecule has 4 heteroatoms. The van der Waals surface area contributed by atoms with Gasteiger partial charge in [0.05, 0.1) is 0 Å². The van der Waals surface area contributed by atoms with Crippen LogP contribution in [-0.4, -0.2) is 6.04 Å². The molecular formula is C16H22BrF2N. The fourth-order valence-corrected chi connectivity index (χ4v) is 3.59. The van der Waals surface area contributed by atoms with E-state index < -0.39 is 11.6 Å². The molecule has 0 amide bonds. The summed E-state index contributed by atoms with van der Waals surface area (Å²) in [7, 11) is 0. The van der Waals surface area contributed by atoms with Gasteiger partial charge in [0.2, 0.25) is 0 Å². The molecule has 1 N–H and O–H groups in total. The summed E-state index contributed by atoms with van der Waals surface area (Å²) in [6.45, 7) is 4.45. The molecule has 0 heterocycles. The van der Waals surface area contributed by atoms with Crippen LogP contribution in [0.25, 0.3) is 0 Å². The number of rotatable bonds is 4. The van der Waals surface area contributed by atoms with Crippen LogP contribution in [-0.2, 0) is 0 Å². The first-order valence-corrected chi connectivity index (χ1v) is 8.16. The molecule has 1 aliphatic carbocycles. The fraction of sp³-hybridized carbons (Fsp3) is 0.625. The van der Waals surface area contributed by atoms with Crippen molar-refractivity contribution in [2.24, 2.45) is 11.8 Å². The van der Waals surface area contributed by atoms with Gasteiger partial charge in [0.1, 0.15) is 17.3 Å². The molecule has 1 fully saturated rings. The molecule has 0 bridgehead atoms. The summed E-state index contributed by atoms with van der Waals surface area (Å²) in [5.41, 5.74) is 0.0170. The van der Waals surface area contributed by atoms with Crippen molar-refractivity contribution in [3.05, 3.63) is 28.2 Å². The predicted octanol–water partition coefficient (Wildman–Crippen LogP) is 5.74. The molecule has 0 saturated heterocycles. The van der Waals surface area contributed by atoms with Gasteiger partial charge < -0.3 is 5.32 Å². The van der Waals surface area contributed by atoms with E-state index in [9.17, 15) is 8.78 Å². The second-order valence-corrected chi connectivity index (χ2v) is 7.16. The molecule has 1 nitrogen and oxygen atoms in total. The van der Waals surface area contributed by atoms with Crippen molar-refractivity contribution in [1.29, 1.82) is 0 Å². The Hall–Kier alpha value is -0.640. The van der Waals surface area contributed by atoms with Crippen LogP contribution in [0, 0.1) is 23.5 Å². The minimum atomic E-state index is -0.525. The smallest absolute Gasteiger partial charge is 0.150 e. The topological polar surface area (TPSA) is 12.0 Å². The van der Waals surface area contributed by atoms with Crippen LogP contribution < -0.4 is 5.32 Å². The first kappa shape index (κ1) is 15.7. The molecule has 1 aromatic rings. The lowest BCUT2D eigenvalue weighted by Gasteiger charge is -2.31. The average Bonchev–Trinajstić information content (AvgIpc) is 2.33. The van der Waals surface area contributed by atoms with E-state index in [0.717, 1.165) is 19.3 Å². The number of hydrogen-bond donors (Lipinski definition) is 1. The maximum absolute atomic E-state index is 13.8. The normalized spacial score (nSPS) is 23.1. The Labute approximate surface area is 128 Å². The van der Waals surface area contributed by atoms with Crippen molar-refractivity contribution >= 4 is 21.6 Å². The standard InChI is InChI=1S/C16H22BrF2N/c1-10(2)6-11-4-3-5-13(7-11)20-16-14(18)8-12(17)9-15(16)19/h8-11,13,20H,3-7H2,1-2H3. The van der Waals surface area contributed by atoms with Crippen LogP contribution in [0.3, 0.4) is 0 Å². The Morgan fingerprint density at radius 1 is 1.25 bits per heavy atom. The highest BCUT2D eigenvalue weighted by Crippen LogP contribution is 2.32. The van der Waals surface area contributed by atoms with Crippen LogP contribution >= 0.6 is 15.9 Å². The maximum Gasteiger partial charge on any atom is 0.150 e. The molecule has 1 aromatic carbocycles. The van der Waals surface area contributed by atoms with Gasteiger partial charge in [-0.1, -0.05) is 42.6 Å². The number of anilines is 1. The van der Waals surface area contributed by atoms with Crippen molar-refractivity contribution in [2.75, 3.05) is 5.32 Å². The average molecular weight is 346 g/mol. The van der Waals surface area contributed by atoms with Gasteiger partial charge in [-0.3, -0.25) is 0 Å². The molecule has 20 heavy (non-hydrogen) atoms. The molecule has 0 radical (unpaired) electrons. The zero-order valence-corrected chi connectivity index (χ0v) is 13.6. The number of benzene rings is 1. The summed E-state index contributed by atoms with van der Waals surface area (Å²) < 4.78 is 28.1. The molecule has 0 aromatic heterocycles. The molecule has 112 valence electrons. The second kappa shape index (κ2) is 6.88. The van der Waals surface area contributed by atoms with Crippen molar-refractivity contribution < 1.29 is 8.78 Å². The van der Waals surface area contributed by atoms with E-state index in [1.807, 2.05) is 0 Å². The second-order valence-electron chi connectivity index (χ2n) is 6.25. The van der Waals surface area contributed by atoms with Crippen molar-refractivity contribution in [1.82, 2.24) is 0 Å². The minimum absolute atomic E-state index is 0.0170. The van der Waals surface area contributed by atoms with Gasteiger partial charge in [-0.25, -0.2) is 8.78 Å². The van der Waals surface area contributed by atoms with E-state index in [4.69, 9.17) is 0 Å². The zero-order valence-electron chi connectivity index (χ0n) is 12.1. The quantitative estimate of drug-likeness (QED) is 0.733. The number of nitrogens with one attached hydrogen (secondary N) is 1. The van der Waals surface area contributed by atoms with Gasteiger partial charge in [0.15, 0.2) is 0 Å². The highest BCUT2D eigenvalue weighted by Gasteiger charge is 2.24. The van der Waals surface area contributed by atoms with E-state index in [1.54, 1.807) is 0 Å². The highest BCUT2D eigenvalue weighted by atomic mass is 79.9. The van der Waals surface area contributed by atoms with Crippen LogP contribution in [0.2, 0.25) is 0 Å². The fourth-order valence-electron chi connectivity index (χ4n) is 3.19. The molecule has 1 aliphatic rings. The van der Waals surface area contributed by atoms with Crippen LogP contribution in [0.1, 0.15) is 46.0 Å². The van der Waals surface area contributed by atoms with Crippen LogP contribution in [0.4, 0.5) is 14.5 Å². The molecule has 1 saturated carbocycles. The SMILES string of the molecule is CC(C)CC1CCCC(Nc2c(F)cc(Br)cc2F)C1. The van der Waals surface area contributed by atoms with Crippen molar-refractivity contribution in [3.8, 4) is 0 Å². The third kappa shape index (κ3) is 4.18. The number of hydrogen-bond acceptors (Lipinski definition) is 1. The largest absolute Gasteiger partial charge is 0.378 e. The molecule has 2 unspecified atom stereocenters. The molecular weight excluding hydrogens is 324 g/mol. The van der Waals surface area contributed by atoms with E-state index in [2.05, 4.69) is 35.1 Å². The summed E-state index contributed by atoms with van der Waals surface area (Å²) in [6, 6.07) is 2.79. The van der Waals surface area contributed by atoms with Gasteiger partial charge in [-0.05, 0) is 43.2 Å². The van der Waals surface area contributed by atoms with Gasteiger partial charge >= 0.3 is 0 Å². The lowest BCUT2D eigenvalue weighted by Crippen LogP contribution is -2.28. The summed E-state index contributed by atoms with van der Waals surface area (Å²) in [5.74, 6) is 0.299. The van der Waals surface area contributed by atoms with Crippen molar-refractivity contribution in [3.63, 3.8) is 0 Å². The van der Waals surface area contributed by atoms with Crippen molar-refractivity contribution in [2.45, 2.75) is 52.0 Å². The molecule has 2 atom stereocenters. The lowest BCUT2D eigenvalue weighted by molar-refractivity contribution is 0.288. The first-order valence-electron chi connectivity index (χ1n) is 7.36.